The van der Waals surface area contributed by atoms with Gasteiger partial charge in [-0.1, -0.05) is 12.8 Å². The summed E-state index contributed by atoms with van der Waals surface area (Å²) >= 11 is 0. The first-order valence-corrected chi connectivity index (χ1v) is 5.49. The summed E-state index contributed by atoms with van der Waals surface area (Å²) in [5.41, 5.74) is -0.571. The normalized spacial score (nSPS) is 17.9. The van der Waals surface area contributed by atoms with Crippen LogP contribution in [0.1, 0.15) is 40.0 Å². The van der Waals surface area contributed by atoms with Gasteiger partial charge < -0.3 is 5.11 Å². The average molecular weight is 229 g/mol. The molecule has 1 fully saturated rings. The Morgan fingerprint density at radius 3 is 2.44 bits per heavy atom. The first kappa shape index (κ1) is 13.0. The lowest BCUT2D eigenvalue weighted by Crippen LogP contribution is -2.44. The zero-order valence-electron chi connectivity index (χ0n) is 9.97. The predicted molar refractivity (Wildman–Crippen MR) is 57.5 cm³/mol. The van der Waals surface area contributed by atoms with Crippen LogP contribution in [0.15, 0.2) is 0 Å². The highest BCUT2D eigenvalue weighted by Gasteiger charge is 2.35. The van der Waals surface area contributed by atoms with Crippen LogP contribution in [0, 0.1) is 5.92 Å². The summed E-state index contributed by atoms with van der Waals surface area (Å²) in [6.45, 7) is 5.33. The number of rotatable bonds is 6. The van der Waals surface area contributed by atoms with Crippen LogP contribution in [0.3, 0.4) is 0 Å². The smallest absolute Gasteiger partial charge is 0.329 e. The van der Waals surface area contributed by atoms with Crippen molar-refractivity contribution in [2.24, 2.45) is 5.92 Å². The number of carbonyl (C=O) groups is 2. The molecule has 1 aliphatic rings. The topological polar surface area (TPSA) is 66.8 Å². The minimum atomic E-state index is -1.01. The van der Waals surface area contributed by atoms with Gasteiger partial charge in [0.05, 0.1) is 5.60 Å². The number of aliphatic carboxylic acids is 1. The lowest BCUT2D eigenvalue weighted by Gasteiger charge is -2.30. The van der Waals surface area contributed by atoms with Crippen molar-refractivity contribution in [3.05, 3.63) is 0 Å². The fourth-order valence-electron chi connectivity index (χ4n) is 1.46. The van der Waals surface area contributed by atoms with Crippen LogP contribution < -0.4 is 0 Å². The Bertz CT molecular complexity index is 268. The van der Waals surface area contributed by atoms with Gasteiger partial charge in [0.15, 0.2) is 6.04 Å². The van der Waals surface area contributed by atoms with Gasteiger partial charge in [0.1, 0.15) is 0 Å². The Hall–Kier alpha value is -1.10. The van der Waals surface area contributed by atoms with Gasteiger partial charge in [-0.15, -0.1) is 0 Å². The number of carbonyl (C=O) groups excluding carboxylic acids is 1. The molecule has 92 valence electrons. The van der Waals surface area contributed by atoms with Crippen molar-refractivity contribution >= 4 is 12.4 Å². The molecular formula is C11H19NO4. The van der Waals surface area contributed by atoms with E-state index in [9.17, 15) is 9.59 Å². The lowest BCUT2D eigenvalue weighted by atomic mass is 10.1. The molecule has 5 nitrogen and oxygen atoms in total. The fourth-order valence-corrected chi connectivity index (χ4v) is 1.46. The second kappa shape index (κ2) is 4.82. The summed E-state index contributed by atoms with van der Waals surface area (Å²) in [6, 6.07) is -0.871. The van der Waals surface area contributed by atoms with E-state index in [2.05, 4.69) is 0 Å². The molecule has 1 atom stereocenters. The first-order valence-electron chi connectivity index (χ1n) is 5.49. The molecular weight excluding hydrogens is 210 g/mol. The van der Waals surface area contributed by atoms with Crippen molar-refractivity contribution in [2.75, 3.05) is 0 Å². The van der Waals surface area contributed by atoms with Crippen LogP contribution in [0.5, 0.6) is 0 Å². The second-order valence-corrected chi connectivity index (χ2v) is 5.20. The minimum absolute atomic E-state index is 0.423. The van der Waals surface area contributed by atoms with Gasteiger partial charge in [-0.2, -0.15) is 0 Å². The van der Waals surface area contributed by atoms with Gasteiger partial charge in [-0.05, 0) is 33.1 Å². The van der Waals surface area contributed by atoms with Crippen LogP contribution in [-0.2, 0) is 14.4 Å². The number of carboxylic acid groups (broad SMARTS) is 1. The van der Waals surface area contributed by atoms with E-state index in [4.69, 9.17) is 9.94 Å². The maximum atomic E-state index is 11.1. The summed E-state index contributed by atoms with van der Waals surface area (Å²) in [5, 5.41) is 10.00. The highest BCUT2D eigenvalue weighted by Crippen LogP contribution is 2.35. The SMILES string of the molecule is CC(C)(C)ON(C=O)C(CC1CC1)C(=O)O. The van der Waals surface area contributed by atoms with E-state index in [0.29, 0.717) is 18.7 Å². The second-order valence-electron chi connectivity index (χ2n) is 5.20. The molecule has 0 radical (unpaired) electrons. The zero-order valence-corrected chi connectivity index (χ0v) is 9.97. The lowest BCUT2D eigenvalue weighted by molar-refractivity contribution is -0.235. The average Bonchev–Trinajstić information content (AvgIpc) is 2.92. The Morgan fingerprint density at radius 2 is 2.12 bits per heavy atom. The molecule has 1 unspecified atom stereocenters. The summed E-state index contributed by atoms with van der Waals surface area (Å²) in [4.78, 5) is 27.3. The highest BCUT2D eigenvalue weighted by atomic mass is 16.7. The zero-order chi connectivity index (χ0) is 12.3. The van der Waals surface area contributed by atoms with Crippen molar-refractivity contribution in [1.82, 2.24) is 5.06 Å². The van der Waals surface area contributed by atoms with E-state index < -0.39 is 17.6 Å². The maximum absolute atomic E-state index is 11.1. The third-order valence-corrected chi connectivity index (χ3v) is 2.33. The van der Waals surface area contributed by atoms with E-state index in [0.717, 1.165) is 17.9 Å². The monoisotopic (exact) mass is 229 g/mol. The molecule has 1 N–H and O–H groups in total. The third kappa shape index (κ3) is 4.18. The summed E-state index contributed by atoms with van der Waals surface area (Å²) < 4.78 is 0. The molecule has 1 amide bonds. The Kier molecular flexibility index (Phi) is 3.91. The van der Waals surface area contributed by atoms with Crippen LogP contribution in [0.25, 0.3) is 0 Å². The van der Waals surface area contributed by atoms with Gasteiger partial charge in [0.2, 0.25) is 6.41 Å². The van der Waals surface area contributed by atoms with Crippen molar-refractivity contribution in [2.45, 2.75) is 51.7 Å². The third-order valence-electron chi connectivity index (χ3n) is 2.33. The molecule has 0 spiro atoms. The Morgan fingerprint density at radius 1 is 1.56 bits per heavy atom. The van der Waals surface area contributed by atoms with Crippen molar-refractivity contribution in [1.29, 1.82) is 0 Å². The van der Waals surface area contributed by atoms with Crippen LogP contribution >= 0.6 is 0 Å². The number of carboxylic acids is 1. The number of amides is 1. The van der Waals surface area contributed by atoms with Gasteiger partial charge in [-0.3, -0.25) is 9.63 Å². The van der Waals surface area contributed by atoms with Crippen molar-refractivity contribution < 1.29 is 19.5 Å². The Balaban J connectivity index is 2.64. The highest BCUT2D eigenvalue weighted by molar-refractivity contribution is 5.75. The van der Waals surface area contributed by atoms with E-state index in [1.54, 1.807) is 20.8 Å². The summed E-state index contributed by atoms with van der Waals surface area (Å²) in [7, 11) is 0. The van der Waals surface area contributed by atoms with Gasteiger partial charge in [-0.25, -0.2) is 9.86 Å². The quantitative estimate of drug-likeness (QED) is 0.552. The molecule has 1 aliphatic carbocycles. The van der Waals surface area contributed by atoms with Crippen molar-refractivity contribution in [3.63, 3.8) is 0 Å². The number of hydrogen-bond donors (Lipinski definition) is 1. The van der Waals surface area contributed by atoms with Crippen LogP contribution in [0.4, 0.5) is 0 Å². The van der Waals surface area contributed by atoms with E-state index in [1.807, 2.05) is 0 Å². The Labute approximate surface area is 95.3 Å². The molecule has 5 heteroatoms. The summed E-state index contributed by atoms with van der Waals surface area (Å²) in [5.74, 6) is -0.588. The van der Waals surface area contributed by atoms with Crippen molar-refractivity contribution in [3.8, 4) is 0 Å². The maximum Gasteiger partial charge on any atom is 0.329 e. The first-order chi connectivity index (χ1) is 7.33. The minimum Gasteiger partial charge on any atom is -0.480 e. The summed E-state index contributed by atoms with van der Waals surface area (Å²) in [6.07, 6.45) is 3.02. The fraction of sp³-hybridized carbons (Fsp3) is 0.818. The molecule has 0 aromatic rings. The van der Waals surface area contributed by atoms with Crippen LogP contribution in [-0.4, -0.2) is 34.2 Å². The van der Waals surface area contributed by atoms with E-state index in [1.165, 1.54) is 0 Å². The molecule has 0 heterocycles. The number of hydrogen-bond acceptors (Lipinski definition) is 3. The van der Waals surface area contributed by atoms with Gasteiger partial charge >= 0.3 is 5.97 Å². The molecule has 1 rings (SSSR count). The van der Waals surface area contributed by atoms with Gasteiger partial charge in [0.25, 0.3) is 0 Å². The molecule has 0 bridgehead atoms. The van der Waals surface area contributed by atoms with E-state index >= 15 is 0 Å². The predicted octanol–water partition coefficient (Wildman–Crippen LogP) is 1.43. The van der Waals surface area contributed by atoms with Gasteiger partial charge in [0, 0.05) is 0 Å². The number of hydroxylamine groups is 2. The molecule has 0 aromatic heterocycles. The largest absolute Gasteiger partial charge is 0.480 e. The molecule has 16 heavy (non-hydrogen) atoms. The standard InChI is InChI=1S/C11H19NO4/c1-11(2,3)16-12(7-13)9(10(14)15)6-8-4-5-8/h7-9H,4-6H2,1-3H3,(H,14,15). The molecule has 0 aromatic carbocycles. The van der Waals surface area contributed by atoms with E-state index in [-0.39, 0.29) is 0 Å². The molecule has 1 saturated carbocycles. The molecule has 0 aliphatic heterocycles. The van der Waals surface area contributed by atoms with Crippen LogP contribution in [0.2, 0.25) is 0 Å². The number of nitrogens with zero attached hydrogens (tertiary/aromatic N) is 1. The molecule has 0 saturated heterocycles.